The highest BCUT2D eigenvalue weighted by Gasteiger charge is 2.34. The Morgan fingerprint density at radius 2 is 1.71 bits per heavy atom. The lowest BCUT2D eigenvalue weighted by molar-refractivity contribution is -0.116. The minimum absolute atomic E-state index is 0.0286. The zero-order valence-electron chi connectivity index (χ0n) is 12.3. The molecule has 108 valence electrons. The quantitative estimate of drug-likeness (QED) is 0.941. The molecule has 1 unspecified atom stereocenters. The monoisotopic (exact) mass is 283 g/mol. The van der Waals surface area contributed by atoms with E-state index in [2.05, 4.69) is 5.32 Å². The average molecular weight is 283 g/mol. The number of nitrogens with one attached hydrogen (secondary N) is 1. The summed E-state index contributed by atoms with van der Waals surface area (Å²) in [5, 5.41) is 2.92. The van der Waals surface area contributed by atoms with Crippen LogP contribution in [-0.2, 0) is 4.79 Å². The Morgan fingerprint density at radius 1 is 1.00 bits per heavy atom. The van der Waals surface area contributed by atoms with Crippen molar-refractivity contribution in [2.75, 3.05) is 19.5 Å². The second-order valence-corrected chi connectivity index (χ2v) is 5.07. The molecular weight excluding hydrogens is 266 g/mol. The number of hydrogen-bond acceptors (Lipinski definition) is 3. The number of aryl methyl sites for hydroxylation is 1. The van der Waals surface area contributed by atoms with E-state index in [1.807, 2.05) is 43.3 Å². The molecule has 0 fully saturated rings. The summed E-state index contributed by atoms with van der Waals surface area (Å²) in [5.74, 6) is 1.04. The molecule has 1 heterocycles. The number of fused-ring (bicyclic) bond motifs is 1. The van der Waals surface area contributed by atoms with Crippen LogP contribution >= 0.6 is 0 Å². The van der Waals surface area contributed by atoms with Crippen molar-refractivity contribution in [3.05, 3.63) is 53.1 Å². The van der Waals surface area contributed by atoms with Gasteiger partial charge in [0.15, 0.2) is 0 Å². The van der Waals surface area contributed by atoms with Gasteiger partial charge in [-0.1, -0.05) is 18.2 Å². The van der Waals surface area contributed by atoms with Gasteiger partial charge in [0.1, 0.15) is 11.5 Å². The zero-order chi connectivity index (χ0) is 15.0. The zero-order valence-corrected chi connectivity index (χ0v) is 12.3. The van der Waals surface area contributed by atoms with Crippen LogP contribution in [-0.4, -0.2) is 20.1 Å². The maximum absolute atomic E-state index is 12.4. The second-order valence-electron chi connectivity index (χ2n) is 5.07. The van der Waals surface area contributed by atoms with Crippen LogP contribution in [0.1, 0.15) is 22.6 Å². The maximum atomic E-state index is 12.4. The standard InChI is InChI=1S/C17H17NO3/c1-10-8-12(15(21-3)9-14(10)20-2)16-11-6-4-5-7-13(11)18-17(16)19/h4-9,16H,1-3H3,(H,18,19). The summed E-state index contributed by atoms with van der Waals surface area (Å²) < 4.78 is 10.8. The van der Waals surface area contributed by atoms with Crippen LogP contribution in [0.2, 0.25) is 0 Å². The topological polar surface area (TPSA) is 47.6 Å². The van der Waals surface area contributed by atoms with Crippen LogP contribution in [0, 0.1) is 6.92 Å². The lowest BCUT2D eigenvalue weighted by Gasteiger charge is -2.17. The molecule has 4 heteroatoms. The van der Waals surface area contributed by atoms with Crippen LogP contribution in [0.25, 0.3) is 0 Å². The number of rotatable bonds is 3. The van der Waals surface area contributed by atoms with Gasteiger partial charge in [-0.2, -0.15) is 0 Å². The molecule has 0 aromatic heterocycles. The Kier molecular flexibility index (Phi) is 3.29. The number of benzene rings is 2. The van der Waals surface area contributed by atoms with Gasteiger partial charge < -0.3 is 14.8 Å². The van der Waals surface area contributed by atoms with E-state index >= 15 is 0 Å². The number of ether oxygens (including phenoxy) is 2. The molecule has 1 aliphatic rings. The fourth-order valence-corrected chi connectivity index (χ4v) is 2.83. The number of carbonyl (C=O) groups is 1. The van der Waals surface area contributed by atoms with Crippen molar-refractivity contribution in [3.63, 3.8) is 0 Å². The highest BCUT2D eigenvalue weighted by atomic mass is 16.5. The number of methoxy groups -OCH3 is 2. The molecule has 0 saturated carbocycles. The van der Waals surface area contributed by atoms with Crippen LogP contribution in [0.15, 0.2) is 36.4 Å². The third-order valence-corrected chi connectivity index (χ3v) is 3.85. The number of hydrogen-bond donors (Lipinski definition) is 1. The molecule has 1 atom stereocenters. The van der Waals surface area contributed by atoms with E-state index in [1.54, 1.807) is 14.2 Å². The Bertz CT molecular complexity index is 709. The summed E-state index contributed by atoms with van der Waals surface area (Å²) >= 11 is 0. The SMILES string of the molecule is COc1cc(OC)c(C2C(=O)Nc3ccccc32)cc1C. The van der Waals surface area contributed by atoms with Crippen molar-refractivity contribution in [2.24, 2.45) is 0 Å². The third-order valence-electron chi connectivity index (χ3n) is 3.85. The van der Waals surface area contributed by atoms with E-state index in [4.69, 9.17) is 9.47 Å². The molecule has 21 heavy (non-hydrogen) atoms. The Hall–Kier alpha value is -2.49. The molecule has 0 spiro atoms. The maximum Gasteiger partial charge on any atom is 0.236 e. The van der Waals surface area contributed by atoms with Gasteiger partial charge in [-0.25, -0.2) is 0 Å². The molecule has 0 aliphatic carbocycles. The molecule has 0 saturated heterocycles. The van der Waals surface area contributed by atoms with Gasteiger partial charge in [0, 0.05) is 17.3 Å². The Morgan fingerprint density at radius 3 is 2.43 bits per heavy atom. The molecule has 4 nitrogen and oxygen atoms in total. The number of amides is 1. The largest absolute Gasteiger partial charge is 0.496 e. The van der Waals surface area contributed by atoms with Gasteiger partial charge in [-0.3, -0.25) is 4.79 Å². The van der Waals surface area contributed by atoms with Gasteiger partial charge in [0.2, 0.25) is 5.91 Å². The normalized spacial score (nSPS) is 16.3. The van der Waals surface area contributed by atoms with Gasteiger partial charge in [-0.15, -0.1) is 0 Å². The first-order valence-corrected chi connectivity index (χ1v) is 6.78. The molecule has 0 bridgehead atoms. The van der Waals surface area contributed by atoms with Gasteiger partial charge in [0.05, 0.1) is 20.1 Å². The summed E-state index contributed by atoms with van der Waals surface area (Å²) in [6.07, 6.45) is 0. The fourth-order valence-electron chi connectivity index (χ4n) is 2.83. The Balaban J connectivity index is 2.16. The number of para-hydroxylation sites is 1. The molecule has 2 aromatic carbocycles. The van der Waals surface area contributed by atoms with E-state index in [9.17, 15) is 4.79 Å². The van der Waals surface area contributed by atoms with E-state index in [0.29, 0.717) is 5.75 Å². The third kappa shape index (κ3) is 2.13. The van der Waals surface area contributed by atoms with Crippen molar-refractivity contribution < 1.29 is 14.3 Å². The van der Waals surface area contributed by atoms with Gasteiger partial charge in [-0.05, 0) is 30.2 Å². The van der Waals surface area contributed by atoms with Crippen molar-refractivity contribution in [1.29, 1.82) is 0 Å². The molecule has 3 rings (SSSR count). The summed E-state index contributed by atoms with van der Waals surface area (Å²) in [7, 11) is 3.23. The summed E-state index contributed by atoms with van der Waals surface area (Å²) in [5.41, 5.74) is 3.68. The first-order chi connectivity index (χ1) is 10.2. The molecule has 1 amide bonds. The molecule has 0 radical (unpaired) electrons. The van der Waals surface area contributed by atoms with E-state index in [0.717, 1.165) is 28.1 Å². The second kappa shape index (κ2) is 5.13. The van der Waals surface area contributed by atoms with Crippen molar-refractivity contribution in [3.8, 4) is 11.5 Å². The summed E-state index contributed by atoms with van der Waals surface area (Å²) in [6.45, 7) is 1.96. The molecule has 1 aliphatic heterocycles. The molecular formula is C17H17NO3. The van der Waals surface area contributed by atoms with Crippen LogP contribution in [0.4, 0.5) is 5.69 Å². The average Bonchev–Trinajstić information content (AvgIpc) is 2.82. The van der Waals surface area contributed by atoms with E-state index in [1.165, 1.54) is 0 Å². The van der Waals surface area contributed by atoms with Gasteiger partial charge in [0.25, 0.3) is 0 Å². The van der Waals surface area contributed by atoms with E-state index < -0.39 is 0 Å². The summed E-state index contributed by atoms with van der Waals surface area (Å²) in [6, 6.07) is 11.5. The lowest BCUT2D eigenvalue weighted by Crippen LogP contribution is -2.14. The van der Waals surface area contributed by atoms with Crippen LogP contribution in [0.3, 0.4) is 0 Å². The Labute approximate surface area is 123 Å². The highest BCUT2D eigenvalue weighted by molar-refractivity contribution is 6.05. The van der Waals surface area contributed by atoms with Crippen molar-refractivity contribution in [2.45, 2.75) is 12.8 Å². The van der Waals surface area contributed by atoms with Crippen LogP contribution < -0.4 is 14.8 Å². The number of carbonyl (C=O) groups excluding carboxylic acids is 1. The fraction of sp³-hybridized carbons (Fsp3) is 0.235. The molecule has 1 N–H and O–H groups in total. The van der Waals surface area contributed by atoms with Crippen LogP contribution in [0.5, 0.6) is 11.5 Å². The van der Waals surface area contributed by atoms with Crippen molar-refractivity contribution >= 4 is 11.6 Å². The summed E-state index contributed by atoms with van der Waals surface area (Å²) in [4.78, 5) is 12.4. The van der Waals surface area contributed by atoms with Crippen molar-refractivity contribution in [1.82, 2.24) is 0 Å². The predicted molar refractivity (Wildman–Crippen MR) is 81.2 cm³/mol. The highest BCUT2D eigenvalue weighted by Crippen LogP contribution is 2.42. The minimum Gasteiger partial charge on any atom is -0.496 e. The number of anilines is 1. The molecule has 2 aromatic rings. The first-order valence-electron chi connectivity index (χ1n) is 6.78. The van der Waals surface area contributed by atoms with Gasteiger partial charge >= 0.3 is 0 Å². The predicted octanol–water partition coefficient (Wildman–Crippen LogP) is 3.10. The smallest absolute Gasteiger partial charge is 0.236 e. The first kappa shape index (κ1) is 13.5. The lowest BCUT2D eigenvalue weighted by atomic mass is 9.90. The minimum atomic E-state index is -0.347. The van der Waals surface area contributed by atoms with E-state index in [-0.39, 0.29) is 11.8 Å².